The molecule has 2 N–H and O–H groups in total. The lowest BCUT2D eigenvalue weighted by atomic mass is 10.0. The van der Waals surface area contributed by atoms with Crippen LogP contribution in [0.1, 0.15) is 56.5 Å². The van der Waals surface area contributed by atoms with Crippen molar-refractivity contribution in [3.8, 4) is 5.75 Å². The summed E-state index contributed by atoms with van der Waals surface area (Å²) in [5.41, 5.74) is 0.242. The van der Waals surface area contributed by atoms with Gasteiger partial charge in [-0.05, 0) is 58.2 Å². The maximum atomic E-state index is 12.6. The first-order chi connectivity index (χ1) is 13.6. The molecule has 0 spiro atoms. The third-order valence-corrected chi connectivity index (χ3v) is 4.50. The molecular formula is C21H30N2O6. The Labute approximate surface area is 171 Å². The molecule has 160 valence electrons. The molecule has 29 heavy (non-hydrogen) atoms. The average Bonchev–Trinajstić information content (AvgIpc) is 2.61. The zero-order valence-electron chi connectivity index (χ0n) is 17.5. The van der Waals surface area contributed by atoms with Gasteiger partial charge in [-0.2, -0.15) is 0 Å². The van der Waals surface area contributed by atoms with Crippen LogP contribution in [0, 0.1) is 0 Å². The fourth-order valence-electron chi connectivity index (χ4n) is 3.16. The lowest BCUT2D eigenvalue weighted by molar-refractivity contribution is -0.131. The smallest absolute Gasteiger partial charge is 0.407 e. The van der Waals surface area contributed by atoms with Crippen molar-refractivity contribution in [2.75, 3.05) is 19.7 Å². The van der Waals surface area contributed by atoms with Crippen molar-refractivity contribution in [3.63, 3.8) is 0 Å². The Balaban J connectivity index is 1.89. The molecule has 0 atom stereocenters. The fourth-order valence-corrected chi connectivity index (χ4v) is 3.16. The van der Waals surface area contributed by atoms with Crippen molar-refractivity contribution < 1.29 is 29.0 Å². The quantitative estimate of drug-likeness (QED) is 0.753. The minimum atomic E-state index is -1.06. The van der Waals surface area contributed by atoms with Gasteiger partial charge in [0.2, 0.25) is 5.91 Å². The highest BCUT2D eigenvalue weighted by Gasteiger charge is 2.26. The summed E-state index contributed by atoms with van der Waals surface area (Å²) >= 11 is 0. The summed E-state index contributed by atoms with van der Waals surface area (Å²) in [5, 5.41) is 12.1. The van der Waals surface area contributed by atoms with Gasteiger partial charge in [0.25, 0.3) is 0 Å². The number of amides is 2. The second-order valence-corrected chi connectivity index (χ2v) is 8.05. The van der Waals surface area contributed by atoms with Crippen LogP contribution in [0.4, 0.5) is 4.79 Å². The van der Waals surface area contributed by atoms with Crippen molar-refractivity contribution >= 4 is 18.0 Å². The van der Waals surface area contributed by atoms with Crippen LogP contribution >= 0.6 is 0 Å². The van der Waals surface area contributed by atoms with Gasteiger partial charge in [0.05, 0.1) is 13.0 Å². The second kappa shape index (κ2) is 9.62. The molecule has 8 heteroatoms. The Morgan fingerprint density at radius 1 is 1.21 bits per heavy atom. The number of ether oxygens (including phenoxy) is 2. The summed E-state index contributed by atoms with van der Waals surface area (Å²) in [7, 11) is 0. The normalized spacial score (nSPS) is 15.0. The molecule has 8 nitrogen and oxygen atoms in total. The molecular weight excluding hydrogens is 376 g/mol. The zero-order chi connectivity index (χ0) is 21.6. The highest BCUT2D eigenvalue weighted by atomic mass is 16.6. The van der Waals surface area contributed by atoms with Crippen LogP contribution in [0.3, 0.4) is 0 Å². The van der Waals surface area contributed by atoms with E-state index in [1.54, 1.807) is 24.0 Å². The van der Waals surface area contributed by atoms with Gasteiger partial charge in [-0.25, -0.2) is 9.59 Å². The molecule has 1 heterocycles. The highest BCUT2D eigenvalue weighted by molar-refractivity contribution is 5.91. The Bertz CT molecular complexity index is 748. The second-order valence-electron chi connectivity index (χ2n) is 8.05. The maximum absolute atomic E-state index is 12.6. The summed E-state index contributed by atoms with van der Waals surface area (Å²) in [6.07, 6.45) is 1.05. The van der Waals surface area contributed by atoms with Gasteiger partial charge in [-0.15, -0.1) is 0 Å². The summed E-state index contributed by atoms with van der Waals surface area (Å²) in [5.74, 6) is -0.831. The number of piperidine rings is 1. The van der Waals surface area contributed by atoms with Gasteiger partial charge in [0.1, 0.15) is 16.9 Å². The molecule has 0 radical (unpaired) electrons. The lowest BCUT2D eigenvalue weighted by Gasteiger charge is -2.33. The number of carboxylic acids is 1. The number of benzene rings is 1. The van der Waals surface area contributed by atoms with Crippen molar-refractivity contribution in [2.24, 2.45) is 0 Å². The molecule has 1 aromatic rings. The lowest BCUT2D eigenvalue weighted by Crippen LogP contribution is -2.48. The monoisotopic (exact) mass is 406 g/mol. The minimum absolute atomic E-state index is 0.0201. The van der Waals surface area contributed by atoms with Crippen molar-refractivity contribution in [2.45, 2.75) is 58.6 Å². The van der Waals surface area contributed by atoms with Gasteiger partial charge in [-0.3, -0.25) is 4.79 Å². The van der Waals surface area contributed by atoms with E-state index in [2.05, 4.69) is 5.32 Å². The van der Waals surface area contributed by atoms with E-state index in [-0.39, 0.29) is 29.7 Å². The molecule has 0 aliphatic carbocycles. The van der Waals surface area contributed by atoms with Gasteiger partial charge in [0, 0.05) is 19.1 Å². The number of nitrogens with one attached hydrogen (secondary N) is 1. The standard InChI is InChI=1S/C21H30N2O6/c1-5-28-17-12-14(6-7-16(17)19(25)26)13-18(24)23-10-8-15(9-11-23)22-20(27)29-21(2,3)4/h6-7,12,15H,5,8-11,13H2,1-4H3,(H,22,27)(H,25,26). The van der Waals surface area contributed by atoms with Crippen molar-refractivity contribution in [1.82, 2.24) is 10.2 Å². The Morgan fingerprint density at radius 3 is 2.41 bits per heavy atom. The Morgan fingerprint density at radius 2 is 1.86 bits per heavy atom. The van der Waals surface area contributed by atoms with Gasteiger partial charge < -0.3 is 24.8 Å². The van der Waals surface area contributed by atoms with E-state index in [0.29, 0.717) is 38.1 Å². The van der Waals surface area contributed by atoms with E-state index in [4.69, 9.17) is 9.47 Å². The van der Waals surface area contributed by atoms with Crippen LogP contribution in [0.15, 0.2) is 18.2 Å². The molecule has 0 aromatic heterocycles. The predicted molar refractivity (Wildman–Crippen MR) is 107 cm³/mol. The first kappa shape index (κ1) is 22.5. The van der Waals surface area contributed by atoms with Gasteiger partial charge in [0.15, 0.2) is 0 Å². The number of aromatic carboxylic acids is 1. The predicted octanol–water partition coefficient (Wildman–Crippen LogP) is 2.84. The van der Waals surface area contributed by atoms with E-state index in [1.807, 2.05) is 20.8 Å². The minimum Gasteiger partial charge on any atom is -0.493 e. The molecule has 1 aromatic carbocycles. The van der Waals surface area contributed by atoms with E-state index >= 15 is 0 Å². The van der Waals surface area contributed by atoms with E-state index in [9.17, 15) is 19.5 Å². The SMILES string of the molecule is CCOc1cc(CC(=O)N2CCC(NC(=O)OC(C)(C)C)CC2)ccc1C(=O)O. The Kier molecular flexibility index (Phi) is 7.47. The third kappa shape index (κ3) is 6.96. The molecule has 1 fully saturated rings. The van der Waals surface area contributed by atoms with Gasteiger partial charge in [-0.1, -0.05) is 6.07 Å². The summed E-state index contributed by atoms with van der Waals surface area (Å²) in [4.78, 5) is 37.5. The largest absolute Gasteiger partial charge is 0.493 e. The molecule has 0 saturated carbocycles. The molecule has 2 amide bonds. The summed E-state index contributed by atoms with van der Waals surface area (Å²) < 4.78 is 10.7. The number of rotatable bonds is 6. The Hall–Kier alpha value is -2.77. The number of hydrogen-bond acceptors (Lipinski definition) is 5. The number of carboxylic acid groups (broad SMARTS) is 1. The van der Waals surface area contributed by atoms with E-state index in [0.717, 1.165) is 0 Å². The van der Waals surface area contributed by atoms with E-state index < -0.39 is 17.7 Å². The molecule has 1 aliphatic rings. The number of hydrogen-bond donors (Lipinski definition) is 2. The van der Waals surface area contributed by atoms with E-state index in [1.165, 1.54) is 6.07 Å². The molecule has 1 aliphatic heterocycles. The fraction of sp³-hybridized carbons (Fsp3) is 0.571. The average molecular weight is 406 g/mol. The number of alkyl carbamates (subject to hydrolysis) is 1. The first-order valence-electron chi connectivity index (χ1n) is 9.85. The maximum Gasteiger partial charge on any atom is 0.407 e. The first-order valence-corrected chi connectivity index (χ1v) is 9.85. The summed E-state index contributed by atoms with van der Waals surface area (Å²) in [6, 6.07) is 4.70. The number of carbonyl (C=O) groups is 3. The third-order valence-electron chi connectivity index (χ3n) is 4.50. The van der Waals surface area contributed by atoms with Crippen LogP contribution in [-0.4, -0.2) is 59.3 Å². The molecule has 0 bridgehead atoms. The topological polar surface area (TPSA) is 105 Å². The highest BCUT2D eigenvalue weighted by Crippen LogP contribution is 2.22. The number of nitrogens with zero attached hydrogens (tertiary/aromatic N) is 1. The van der Waals surface area contributed by atoms with Crippen LogP contribution in [0.5, 0.6) is 5.75 Å². The molecule has 0 unspecified atom stereocenters. The van der Waals surface area contributed by atoms with Crippen LogP contribution < -0.4 is 10.1 Å². The van der Waals surface area contributed by atoms with Crippen LogP contribution in [-0.2, 0) is 16.0 Å². The van der Waals surface area contributed by atoms with Crippen molar-refractivity contribution in [3.05, 3.63) is 29.3 Å². The zero-order valence-corrected chi connectivity index (χ0v) is 17.5. The molecule has 2 rings (SSSR count). The van der Waals surface area contributed by atoms with Crippen LogP contribution in [0.25, 0.3) is 0 Å². The molecule has 1 saturated heterocycles. The number of carbonyl (C=O) groups excluding carboxylic acids is 2. The van der Waals surface area contributed by atoms with Crippen molar-refractivity contribution in [1.29, 1.82) is 0 Å². The summed E-state index contributed by atoms with van der Waals surface area (Å²) in [6.45, 7) is 8.65. The van der Waals surface area contributed by atoms with Crippen LogP contribution in [0.2, 0.25) is 0 Å². The van der Waals surface area contributed by atoms with Gasteiger partial charge >= 0.3 is 12.1 Å². The number of likely N-dealkylation sites (tertiary alicyclic amines) is 1.